The van der Waals surface area contributed by atoms with Gasteiger partial charge in [0.15, 0.2) is 0 Å². The van der Waals surface area contributed by atoms with Crippen LogP contribution in [-0.4, -0.2) is 35.9 Å². The molecule has 8 heteroatoms. The van der Waals surface area contributed by atoms with Gasteiger partial charge in [0.1, 0.15) is 0 Å². The van der Waals surface area contributed by atoms with Gasteiger partial charge >= 0.3 is 6.18 Å². The zero-order valence-electron chi connectivity index (χ0n) is 12.2. The standard InChI is InChI=1S/C14H14BrF3N2O2/c1-19-9(7-14(16,17)18)4-8-5-10(11(15)6-12(8)19)13(21)20(2)22-3/h4-6H,7H2,1-3H3. The number of hydroxylamine groups is 2. The number of alkyl halides is 3. The first-order valence-electron chi connectivity index (χ1n) is 6.31. The van der Waals surface area contributed by atoms with Crippen molar-refractivity contribution in [2.45, 2.75) is 12.6 Å². The summed E-state index contributed by atoms with van der Waals surface area (Å²) in [4.78, 5) is 17.0. The molecule has 1 aromatic carbocycles. The van der Waals surface area contributed by atoms with Crippen LogP contribution in [0.4, 0.5) is 13.2 Å². The van der Waals surface area contributed by atoms with Gasteiger partial charge in [-0.25, -0.2) is 5.06 Å². The minimum absolute atomic E-state index is 0.138. The zero-order valence-corrected chi connectivity index (χ0v) is 13.7. The molecule has 22 heavy (non-hydrogen) atoms. The Hall–Kier alpha value is -1.54. The number of hydrogen-bond donors (Lipinski definition) is 0. The third-order valence-corrected chi connectivity index (χ3v) is 4.06. The number of carbonyl (C=O) groups excluding carboxylic acids is 1. The number of benzene rings is 1. The SMILES string of the molecule is CON(C)C(=O)c1cc2cc(CC(F)(F)F)n(C)c2cc1Br. The molecular weight excluding hydrogens is 365 g/mol. The maximum Gasteiger partial charge on any atom is 0.394 e. The second kappa shape index (κ2) is 5.92. The van der Waals surface area contributed by atoms with Crippen molar-refractivity contribution >= 4 is 32.7 Å². The lowest BCUT2D eigenvalue weighted by atomic mass is 10.1. The van der Waals surface area contributed by atoms with Crippen molar-refractivity contribution in [3.63, 3.8) is 0 Å². The van der Waals surface area contributed by atoms with Crippen LogP contribution in [0.25, 0.3) is 10.9 Å². The Morgan fingerprint density at radius 1 is 1.36 bits per heavy atom. The van der Waals surface area contributed by atoms with E-state index in [1.165, 1.54) is 24.8 Å². The van der Waals surface area contributed by atoms with Gasteiger partial charge in [0.25, 0.3) is 5.91 Å². The van der Waals surface area contributed by atoms with Gasteiger partial charge in [-0.05, 0) is 34.1 Å². The number of aryl methyl sites for hydroxylation is 1. The van der Waals surface area contributed by atoms with Crippen LogP contribution >= 0.6 is 15.9 Å². The molecule has 1 heterocycles. The highest BCUT2D eigenvalue weighted by Crippen LogP contribution is 2.30. The van der Waals surface area contributed by atoms with E-state index in [1.54, 1.807) is 19.2 Å². The van der Waals surface area contributed by atoms with Crippen molar-refractivity contribution in [3.05, 3.63) is 33.9 Å². The topological polar surface area (TPSA) is 34.5 Å². The quantitative estimate of drug-likeness (QED) is 0.763. The van der Waals surface area contributed by atoms with E-state index in [9.17, 15) is 18.0 Å². The van der Waals surface area contributed by atoms with Gasteiger partial charge < -0.3 is 4.57 Å². The molecule has 0 N–H and O–H groups in total. The van der Waals surface area contributed by atoms with E-state index < -0.39 is 18.5 Å². The first kappa shape index (κ1) is 16.8. The molecule has 0 aliphatic heterocycles. The predicted octanol–water partition coefficient (Wildman–Crippen LogP) is 3.68. The summed E-state index contributed by atoms with van der Waals surface area (Å²) < 4.78 is 39.7. The van der Waals surface area contributed by atoms with Gasteiger partial charge in [0, 0.05) is 35.2 Å². The number of aromatic nitrogens is 1. The summed E-state index contributed by atoms with van der Waals surface area (Å²) in [5.41, 5.74) is 1.07. The van der Waals surface area contributed by atoms with E-state index in [-0.39, 0.29) is 5.69 Å². The number of halogens is 4. The number of hydrogen-bond acceptors (Lipinski definition) is 2. The van der Waals surface area contributed by atoms with Gasteiger partial charge in [0.05, 0.1) is 19.1 Å². The van der Waals surface area contributed by atoms with Crippen LogP contribution in [0.5, 0.6) is 0 Å². The van der Waals surface area contributed by atoms with Crippen molar-refractivity contribution in [2.75, 3.05) is 14.2 Å². The Morgan fingerprint density at radius 2 is 2.00 bits per heavy atom. The number of amides is 1. The van der Waals surface area contributed by atoms with E-state index in [4.69, 9.17) is 4.84 Å². The summed E-state index contributed by atoms with van der Waals surface area (Å²) in [6.45, 7) is 0. The van der Waals surface area contributed by atoms with E-state index in [0.29, 0.717) is 20.9 Å². The molecule has 120 valence electrons. The van der Waals surface area contributed by atoms with Gasteiger partial charge in [-0.1, -0.05) is 0 Å². The Morgan fingerprint density at radius 3 is 2.55 bits per heavy atom. The minimum atomic E-state index is -4.28. The lowest BCUT2D eigenvalue weighted by Crippen LogP contribution is -2.25. The van der Waals surface area contributed by atoms with E-state index in [1.807, 2.05) is 0 Å². The van der Waals surface area contributed by atoms with Crippen molar-refractivity contribution in [1.82, 2.24) is 9.63 Å². The number of nitrogens with zero attached hydrogens (tertiary/aromatic N) is 2. The molecule has 1 aromatic heterocycles. The second-order valence-corrected chi connectivity index (χ2v) is 5.72. The number of carbonyl (C=O) groups is 1. The maximum atomic E-state index is 12.6. The molecule has 2 rings (SSSR count). The molecular formula is C14H14BrF3N2O2. The van der Waals surface area contributed by atoms with Gasteiger partial charge in [-0.15, -0.1) is 0 Å². The van der Waals surface area contributed by atoms with Crippen LogP contribution < -0.4 is 0 Å². The Bertz CT molecular complexity index is 725. The third kappa shape index (κ3) is 3.27. The molecule has 0 aliphatic rings. The van der Waals surface area contributed by atoms with Crippen molar-refractivity contribution < 1.29 is 22.8 Å². The molecule has 0 radical (unpaired) electrons. The molecule has 0 fully saturated rings. The number of rotatable bonds is 3. The van der Waals surface area contributed by atoms with Crippen LogP contribution in [0, 0.1) is 0 Å². The molecule has 0 saturated heterocycles. The Balaban J connectivity index is 2.53. The van der Waals surface area contributed by atoms with E-state index in [2.05, 4.69) is 15.9 Å². The maximum absolute atomic E-state index is 12.6. The highest BCUT2D eigenvalue weighted by atomic mass is 79.9. The fourth-order valence-corrected chi connectivity index (χ4v) is 2.71. The second-order valence-electron chi connectivity index (χ2n) is 4.86. The van der Waals surface area contributed by atoms with Crippen LogP contribution in [0.15, 0.2) is 22.7 Å². The highest BCUT2D eigenvalue weighted by molar-refractivity contribution is 9.10. The van der Waals surface area contributed by atoms with Gasteiger partial charge in [-0.2, -0.15) is 13.2 Å². The summed E-state index contributed by atoms with van der Waals surface area (Å²) in [6.07, 6.45) is -5.30. The highest BCUT2D eigenvalue weighted by Gasteiger charge is 2.29. The van der Waals surface area contributed by atoms with Crippen LogP contribution in [0.3, 0.4) is 0 Å². The summed E-state index contributed by atoms with van der Waals surface area (Å²) in [5.74, 6) is -0.391. The van der Waals surface area contributed by atoms with Crippen molar-refractivity contribution in [1.29, 1.82) is 0 Å². The summed E-state index contributed by atoms with van der Waals surface area (Å²) >= 11 is 3.28. The molecule has 2 aromatic rings. The molecule has 0 saturated carbocycles. The molecule has 0 spiro atoms. The monoisotopic (exact) mass is 378 g/mol. The smallest absolute Gasteiger partial charge is 0.347 e. The predicted molar refractivity (Wildman–Crippen MR) is 79.5 cm³/mol. The molecule has 0 aliphatic carbocycles. The Labute approximate surface area is 133 Å². The summed E-state index contributed by atoms with van der Waals surface area (Å²) in [7, 11) is 4.38. The molecule has 0 unspecified atom stereocenters. The Kier molecular flexibility index (Phi) is 4.53. The normalized spacial score (nSPS) is 12.0. The minimum Gasteiger partial charge on any atom is -0.347 e. The lowest BCUT2D eigenvalue weighted by molar-refractivity contribution is -0.128. The first-order chi connectivity index (χ1) is 10.1. The molecule has 0 bridgehead atoms. The third-order valence-electron chi connectivity index (χ3n) is 3.40. The van der Waals surface area contributed by atoms with Crippen LogP contribution in [-0.2, 0) is 18.3 Å². The summed E-state index contributed by atoms with van der Waals surface area (Å²) in [5, 5.41) is 1.61. The van der Waals surface area contributed by atoms with E-state index >= 15 is 0 Å². The molecule has 0 atom stereocenters. The van der Waals surface area contributed by atoms with Crippen molar-refractivity contribution in [2.24, 2.45) is 7.05 Å². The summed E-state index contributed by atoms with van der Waals surface area (Å²) in [6, 6.07) is 4.63. The lowest BCUT2D eigenvalue weighted by Gasteiger charge is -2.14. The number of fused-ring (bicyclic) bond motifs is 1. The van der Waals surface area contributed by atoms with E-state index in [0.717, 1.165) is 5.06 Å². The fourth-order valence-electron chi connectivity index (χ4n) is 2.21. The average Bonchev–Trinajstić information content (AvgIpc) is 2.71. The molecule has 4 nitrogen and oxygen atoms in total. The van der Waals surface area contributed by atoms with Gasteiger partial charge in [0.2, 0.25) is 0 Å². The largest absolute Gasteiger partial charge is 0.394 e. The fraction of sp³-hybridized carbons (Fsp3) is 0.357. The average molecular weight is 379 g/mol. The van der Waals surface area contributed by atoms with Crippen LogP contribution in [0.1, 0.15) is 16.1 Å². The van der Waals surface area contributed by atoms with Crippen molar-refractivity contribution in [3.8, 4) is 0 Å². The van der Waals surface area contributed by atoms with Gasteiger partial charge in [-0.3, -0.25) is 9.63 Å². The first-order valence-corrected chi connectivity index (χ1v) is 7.10. The van der Waals surface area contributed by atoms with Crippen LogP contribution in [0.2, 0.25) is 0 Å². The molecule has 1 amide bonds. The zero-order chi connectivity index (χ0) is 16.7.